The summed E-state index contributed by atoms with van der Waals surface area (Å²) in [5.41, 5.74) is 0. The Bertz CT molecular complexity index is 1700. The monoisotopic (exact) mass is 1150 g/mol. The quantitative estimate of drug-likeness (QED) is 0.0261. The van der Waals surface area contributed by atoms with Crippen molar-refractivity contribution in [2.75, 3.05) is 13.2 Å². The van der Waals surface area contributed by atoms with Crippen molar-refractivity contribution in [1.82, 2.24) is 0 Å². The molecule has 0 saturated carbocycles. The van der Waals surface area contributed by atoms with E-state index in [0.29, 0.717) is 19.3 Å². The van der Waals surface area contributed by atoms with E-state index in [-0.39, 0.29) is 31.1 Å². The Morgan fingerprint density at radius 2 is 0.470 bits per heavy atom. The minimum atomic E-state index is -0.796. The number of hydrogen-bond acceptors (Lipinski definition) is 6. The summed E-state index contributed by atoms with van der Waals surface area (Å²) in [4.78, 5) is 38.5. The van der Waals surface area contributed by atoms with E-state index < -0.39 is 6.10 Å². The van der Waals surface area contributed by atoms with Crippen LogP contribution in [0.25, 0.3) is 0 Å². The first-order chi connectivity index (χ1) is 41.0. The van der Waals surface area contributed by atoms with Crippen LogP contribution in [0, 0.1) is 0 Å². The summed E-state index contributed by atoms with van der Waals surface area (Å²) >= 11 is 0. The second-order valence-electron chi connectivity index (χ2n) is 23.0. The molecule has 0 spiro atoms. The molecule has 0 heterocycles. The Morgan fingerprint density at radius 1 is 0.253 bits per heavy atom. The molecule has 0 saturated heterocycles. The van der Waals surface area contributed by atoms with Gasteiger partial charge in [0.05, 0.1) is 0 Å². The number of rotatable bonds is 63. The Morgan fingerprint density at radius 3 is 0.735 bits per heavy atom. The molecule has 83 heavy (non-hydrogen) atoms. The van der Waals surface area contributed by atoms with Gasteiger partial charge in [0.25, 0.3) is 0 Å². The highest BCUT2D eigenvalue weighted by Gasteiger charge is 2.19. The topological polar surface area (TPSA) is 78.9 Å². The summed E-state index contributed by atoms with van der Waals surface area (Å²) in [6, 6.07) is 0. The van der Waals surface area contributed by atoms with Crippen molar-refractivity contribution in [3.05, 3.63) is 122 Å². The highest BCUT2D eigenvalue weighted by molar-refractivity contribution is 5.71. The zero-order valence-corrected chi connectivity index (χ0v) is 54.4. The molecule has 0 aliphatic carbocycles. The van der Waals surface area contributed by atoms with E-state index in [9.17, 15) is 14.4 Å². The lowest BCUT2D eigenvalue weighted by Crippen LogP contribution is -2.30. The minimum Gasteiger partial charge on any atom is -0.462 e. The molecule has 0 aromatic rings. The maximum Gasteiger partial charge on any atom is 0.306 e. The van der Waals surface area contributed by atoms with Gasteiger partial charge in [0.15, 0.2) is 6.10 Å². The summed E-state index contributed by atoms with van der Waals surface area (Å²) in [5, 5.41) is 0. The third-order valence-electron chi connectivity index (χ3n) is 14.9. The molecule has 6 heteroatoms. The number of esters is 3. The average molecular weight is 1150 g/mol. The average Bonchev–Trinajstić information content (AvgIpc) is 3.49. The van der Waals surface area contributed by atoms with Crippen molar-refractivity contribution >= 4 is 17.9 Å². The van der Waals surface area contributed by atoms with Gasteiger partial charge < -0.3 is 14.2 Å². The molecular weight excluding hydrogens is 1020 g/mol. The van der Waals surface area contributed by atoms with Crippen molar-refractivity contribution in [1.29, 1.82) is 0 Å². The SMILES string of the molecule is CC/C=C\C/C=C\C/C=C\C/C=C\C/C=C\CCCCCCCCCC(=O)OC(COC(=O)CCCCCCC/C=C\C/C=C\C/C=C\CC)COC(=O)CCCCCCCCCCCCCCCCC/C=C\C/C=C\CCCCCCC. The Labute approximate surface area is 513 Å². The van der Waals surface area contributed by atoms with Crippen molar-refractivity contribution in [3.63, 3.8) is 0 Å². The highest BCUT2D eigenvalue weighted by atomic mass is 16.6. The number of unbranched alkanes of at least 4 members (excludes halogenated alkanes) is 32. The first kappa shape index (κ1) is 78.8. The van der Waals surface area contributed by atoms with Gasteiger partial charge >= 0.3 is 17.9 Å². The van der Waals surface area contributed by atoms with Gasteiger partial charge in [-0.1, -0.05) is 303 Å². The smallest absolute Gasteiger partial charge is 0.306 e. The first-order valence-electron chi connectivity index (χ1n) is 35.0. The molecule has 1 unspecified atom stereocenters. The first-order valence-corrected chi connectivity index (χ1v) is 35.0. The molecule has 0 aromatic carbocycles. The van der Waals surface area contributed by atoms with E-state index in [1.807, 2.05) is 0 Å². The zero-order valence-electron chi connectivity index (χ0n) is 54.4. The van der Waals surface area contributed by atoms with E-state index in [1.54, 1.807) is 0 Å². The maximum atomic E-state index is 13.0. The van der Waals surface area contributed by atoms with Crippen LogP contribution in [-0.2, 0) is 28.6 Å². The Balaban J connectivity index is 4.35. The van der Waals surface area contributed by atoms with Crippen molar-refractivity contribution in [3.8, 4) is 0 Å². The lowest BCUT2D eigenvalue weighted by Gasteiger charge is -2.18. The van der Waals surface area contributed by atoms with Crippen LogP contribution in [0.4, 0.5) is 0 Å². The van der Waals surface area contributed by atoms with Gasteiger partial charge in [0.2, 0.25) is 0 Å². The van der Waals surface area contributed by atoms with Gasteiger partial charge in [-0.15, -0.1) is 0 Å². The molecule has 0 N–H and O–H groups in total. The molecule has 0 fully saturated rings. The fourth-order valence-electron chi connectivity index (χ4n) is 9.75. The molecule has 0 aliphatic heterocycles. The van der Waals surface area contributed by atoms with Crippen LogP contribution in [0.15, 0.2) is 122 Å². The fraction of sp³-hybridized carbons (Fsp3) is 0.701. The molecule has 474 valence electrons. The van der Waals surface area contributed by atoms with Gasteiger partial charge in [0.1, 0.15) is 13.2 Å². The molecular formula is C77H130O6. The van der Waals surface area contributed by atoms with E-state index in [4.69, 9.17) is 14.2 Å². The fourth-order valence-corrected chi connectivity index (χ4v) is 9.75. The summed E-state index contributed by atoms with van der Waals surface area (Å²) < 4.78 is 17.0. The molecule has 0 amide bonds. The van der Waals surface area contributed by atoms with E-state index in [1.165, 1.54) is 148 Å². The third-order valence-corrected chi connectivity index (χ3v) is 14.9. The van der Waals surface area contributed by atoms with Crippen LogP contribution in [-0.4, -0.2) is 37.2 Å². The standard InChI is InChI=1S/C77H130O6/c1-4-7-10-13-16-19-22-25-28-30-32-34-36-37-38-39-41-42-44-46-49-52-55-58-61-64-67-70-76(79)82-73-74(72-81-75(78)69-66-63-60-57-54-51-48-27-24-21-18-15-12-9-6-3)83-77(80)71-68-65-62-59-56-53-50-47-45-43-40-35-33-31-29-26-23-20-17-14-11-8-5-2/h8-9,11-12,17-18,20-22,25-27,29-30,32-33,35,43,45,48,74H,4-7,10,13-16,19,23-24,28,31,34,36-42,44,46-47,49-73H2,1-3H3/b11-8-,12-9-,20-17-,21-18-,25-22-,29-26-,32-30-,35-33-,45-43-,48-27-. The summed E-state index contributed by atoms with van der Waals surface area (Å²) in [5.74, 6) is -0.908. The van der Waals surface area contributed by atoms with Crippen molar-refractivity contribution < 1.29 is 28.6 Å². The normalized spacial score (nSPS) is 12.9. The molecule has 1 atom stereocenters. The predicted octanol–water partition coefficient (Wildman–Crippen LogP) is 24.3. The van der Waals surface area contributed by atoms with E-state index in [2.05, 4.69) is 142 Å². The summed E-state index contributed by atoms with van der Waals surface area (Å²) in [6.45, 7) is 6.41. The second-order valence-corrected chi connectivity index (χ2v) is 23.0. The number of carbonyl (C=O) groups excluding carboxylic acids is 3. The van der Waals surface area contributed by atoms with Crippen LogP contribution >= 0.6 is 0 Å². The second kappa shape index (κ2) is 70.3. The number of carbonyl (C=O) groups is 3. The van der Waals surface area contributed by atoms with Gasteiger partial charge in [-0.05, 0) is 128 Å². The van der Waals surface area contributed by atoms with Crippen LogP contribution in [0.3, 0.4) is 0 Å². The van der Waals surface area contributed by atoms with Crippen molar-refractivity contribution in [2.45, 2.75) is 335 Å². The molecule has 0 bridgehead atoms. The van der Waals surface area contributed by atoms with Crippen molar-refractivity contribution in [2.24, 2.45) is 0 Å². The lowest BCUT2D eigenvalue weighted by atomic mass is 10.0. The van der Waals surface area contributed by atoms with E-state index >= 15 is 0 Å². The molecule has 0 radical (unpaired) electrons. The Kier molecular flexibility index (Phi) is 66.7. The van der Waals surface area contributed by atoms with Crippen LogP contribution in [0.2, 0.25) is 0 Å². The van der Waals surface area contributed by atoms with Gasteiger partial charge in [-0.2, -0.15) is 0 Å². The number of ether oxygens (including phenoxy) is 3. The lowest BCUT2D eigenvalue weighted by molar-refractivity contribution is -0.167. The molecule has 6 nitrogen and oxygen atoms in total. The van der Waals surface area contributed by atoms with E-state index in [0.717, 1.165) is 141 Å². The van der Waals surface area contributed by atoms with Gasteiger partial charge in [0, 0.05) is 19.3 Å². The number of allylic oxidation sites excluding steroid dienone is 20. The highest BCUT2D eigenvalue weighted by Crippen LogP contribution is 2.17. The summed E-state index contributed by atoms with van der Waals surface area (Å²) in [6.07, 6.45) is 97.9. The maximum absolute atomic E-state index is 13.0. The molecule has 0 aromatic heterocycles. The zero-order chi connectivity index (χ0) is 59.9. The minimum absolute atomic E-state index is 0.0891. The van der Waals surface area contributed by atoms with Gasteiger partial charge in [-0.25, -0.2) is 0 Å². The van der Waals surface area contributed by atoms with Crippen LogP contribution < -0.4 is 0 Å². The third kappa shape index (κ3) is 68.5. The largest absolute Gasteiger partial charge is 0.462 e. The van der Waals surface area contributed by atoms with Gasteiger partial charge in [-0.3, -0.25) is 14.4 Å². The Hall–Kier alpha value is -4.19. The van der Waals surface area contributed by atoms with Crippen LogP contribution in [0.5, 0.6) is 0 Å². The van der Waals surface area contributed by atoms with Crippen LogP contribution in [0.1, 0.15) is 329 Å². The summed E-state index contributed by atoms with van der Waals surface area (Å²) in [7, 11) is 0. The molecule has 0 aliphatic rings. The molecule has 0 rings (SSSR count). The number of hydrogen-bond donors (Lipinski definition) is 0. The predicted molar refractivity (Wildman–Crippen MR) is 362 cm³/mol.